The van der Waals surface area contributed by atoms with Crippen LogP contribution < -0.4 is 5.56 Å². The Morgan fingerprint density at radius 1 is 0.886 bits per heavy atom. The molecule has 0 saturated carbocycles. The van der Waals surface area contributed by atoms with Gasteiger partial charge in [0.2, 0.25) is 0 Å². The lowest BCUT2D eigenvalue weighted by molar-refractivity contribution is 0.896. The van der Waals surface area contributed by atoms with E-state index >= 15 is 0 Å². The second-order valence-electron chi connectivity index (χ2n) is 7.84. The van der Waals surface area contributed by atoms with Crippen LogP contribution in [0.15, 0.2) is 98.6 Å². The minimum Gasteiger partial charge on any atom is -0.321 e. The van der Waals surface area contributed by atoms with Gasteiger partial charge < -0.3 is 4.98 Å². The number of aromatic nitrogens is 3. The summed E-state index contributed by atoms with van der Waals surface area (Å²) >= 11 is 15.3. The quantitative estimate of drug-likeness (QED) is 0.176. The van der Waals surface area contributed by atoms with Gasteiger partial charge in [-0.05, 0) is 72.8 Å². The van der Waals surface area contributed by atoms with Crippen LogP contribution in [0.5, 0.6) is 0 Å². The Morgan fingerprint density at radius 2 is 1.63 bits per heavy atom. The molecule has 0 bridgehead atoms. The van der Waals surface area contributed by atoms with E-state index in [1.807, 2.05) is 79.7 Å². The first-order chi connectivity index (χ1) is 17.0. The van der Waals surface area contributed by atoms with Crippen molar-refractivity contribution in [2.75, 3.05) is 0 Å². The summed E-state index contributed by atoms with van der Waals surface area (Å²) in [5.41, 5.74) is 4.02. The maximum Gasteiger partial charge on any atom is 0.263 e. The maximum atomic E-state index is 13.2. The van der Waals surface area contributed by atoms with E-state index in [4.69, 9.17) is 28.2 Å². The number of halogens is 2. The SMILES string of the molecule is Cc1cc(CSc2ccc(Cl)cc2)nc(Sc2c(-c3ccccc3)c3cc(Cl)ccc3[nH]c2=O)n1. The summed E-state index contributed by atoms with van der Waals surface area (Å²) < 4.78 is 0. The van der Waals surface area contributed by atoms with E-state index in [2.05, 4.69) is 9.97 Å². The molecular formula is C27H19Cl2N3OS2. The van der Waals surface area contributed by atoms with Gasteiger partial charge in [0.1, 0.15) is 0 Å². The molecule has 2 aromatic heterocycles. The Morgan fingerprint density at radius 3 is 2.40 bits per heavy atom. The first-order valence-corrected chi connectivity index (χ1v) is 13.3. The lowest BCUT2D eigenvalue weighted by Gasteiger charge is -2.13. The second-order valence-corrected chi connectivity index (χ2v) is 10.7. The standard InChI is InChI=1S/C27H19Cl2N3OS2/c1-16-13-20(15-34-21-10-7-18(28)8-11-21)31-27(30-16)35-25-24(17-5-3-2-4-6-17)22-14-19(29)9-12-23(22)32-26(25)33/h2-14H,15H2,1H3,(H,32,33). The van der Waals surface area contributed by atoms with Crippen molar-refractivity contribution in [1.82, 2.24) is 15.0 Å². The molecule has 0 aliphatic rings. The van der Waals surface area contributed by atoms with Gasteiger partial charge in [-0.1, -0.05) is 53.5 Å². The van der Waals surface area contributed by atoms with Gasteiger partial charge in [0.25, 0.3) is 5.56 Å². The number of rotatable bonds is 6. The van der Waals surface area contributed by atoms with Gasteiger partial charge in [0.15, 0.2) is 5.16 Å². The number of aryl methyl sites for hydroxylation is 1. The van der Waals surface area contributed by atoms with Crippen LogP contribution in [0.3, 0.4) is 0 Å². The number of nitrogens with one attached hydrogen (secondary N) is 1. The topological polar surface area (TPSA) is 58.6 Å². The van der Waals surface area contributed by atoms with Crippen LogP contribution in [0.25, 0.3) is 22.0 Å². The van der Waals surface area contributed by atoms with Crippen LogP contribution in [-0.2, 0) is 5.75 Å². The zero-order valence-electron chi connectivity index (χ0n) is 18.6. The fourth-order valence-electron chi connectivity index (χ4n) is 3.74. The van der Waals surface area contributed by atoms with Crippen molar-refractivity contribution in [3.05, 3.63) is 111 Å². The molecule has 0 saturated heterocycles. The Balaban J connectivity index is 1.55. The molecule has 4 nitrogen and oxygen atoms in total. The molecule has 0 atom stereocenters. The Bertz CT molecular complexity index is 1570. The van der Waals surface area contributed by atoms with Gasteiger partial charge in [0.05, 0.1) is 10.6 Å². The van der Waals surface area contributed by atoms with Crippen molar-refractivity contribution in [2.45, 2.75) is 27.6 Å². The molecule has 35 heavy (non-hydrogen) atoms. The summed E-state index contributed by atoms with van der Waals surface area (Å²) in [6.07, 6.45) is 0. The molecule has 0 unspecified atom stereocenters. The van der Waals surface area contributed by atoms with Crippen molar-refractivity contribution < 1.29 is 0 Å². The zero-order valence-corrected chi connectivity index (χ0v) is 21.7. The van der Waals surface area contributed by atoms with Gasteiger partial charge in [-0.15, -0.1) is 11.8 Å². The number of H-pyrrole nitrogens is 1. The molecule has 5 aromatic rings. The summed E-state index contributed by atoms with van der Waals surface area (Å²) in [7, 11) is 0. The van der Waals surface area contributed by atoms with E-state index in [9.17, 15) is 4.79 Å². The summed E-state index contributed by atoms with van der Waals surface area (Å²) in [6, 6.07) is 25.0. The molecule has 0 aliphatic carbocycles. The number of thioether (sulfide) groups is 1. The molecule has 0 fully saturated rings. The average molecular weight is 537 g/mol. The van der Waals surface area contributed by atoms with Gasteiger partial charge in [-0.2, -0.15) is 0 Å². The molecule has 0 aliphatic heterocycles. The van der Waals surface area contributed by atoms with Crippen molar-refractivity contribution >= 4 is 57.6 Å². The highest BCUT2D eigenvalue weighted by atomic mass is 35.5. The molecule has 174 valence electrons. The fourth-order valence-corrected chi connectivity index (χ4v) is 5.84. The van der Waals surface area contributed by atoms with E-state index in [1.165, 1.54) is 11.8 Å². The number of nitrogens with zero attached hydrogens (tertiary/aromatic N) is 2. The van der Waals surface area contributed by atoms with Crippen molar-refractivity contribution in [2.24, 2.45) is 0 Å². The molecule has 3 aromatic carbocycles. The van der Waals surface area contributed by atoms with Crippen LogP contribution in [-0.4, -0.2) is 15.0 Å². The fraction of sp³-hybridized carbons (Fsp3) is 0.0741. The summed E-state index contributed by atoms with van der Waals surface area (Å²) in [5.74, 6) is 0.674. The molecule has 0 radical (unpaired) electrons. The van der Waals surface area contributed by atoms with Crippen LogP contribution in [0.1, 0.15) is 11.4 Å². The lowest BCUT2D eigenvalue weighted by atomic mass is 10.0. The highest BCUT2D eigenvalue weighted by Gasteiger charge is 2.18. The zero-order chi connectivity index (χ0) is 24.4. The van der Waals surface area contributed by atoms with Gasteiger partial charge in [0, 0.05) is 42.9 Å². The highest BCUT2D eigenvalue weighted by molar-refractivity contribution is 7.99. The minimum atomic E-state index is -0.189. The third-order valence-electron chi connectivity index (χ3n) is 5.28. The second kappa shape index (κ2) is 10.5. The molecule has 5 rings (SSSR count). The normalized spacial score (nSPS) is 11.2. The largest absolute Gasteiger partial charge is 0.321 e. The van der Waals surface area contributed by atoms with Gasteiger partial charge in [-0.25, -0.2) is 9.97 Å². The summed E-state index contributed by atoms with van der Waals surface area (Å²) in [6.45, 7) is 1.94. The third kappa shape index (κ3) is 5.57. The monoisotopic (exact) mass is 535 g/mol. The molecule has 8 heteroatoms. The maximum absolute atomic E-state index is 13.2. The van der Waals surface area contributed by atoms with E-state index < -0.39 is 0 Å². The molecular weight excluding hydrogens is 517 g/mol. The molecule has 1 N–H and O–H groups in total. The van der Waals surface area contributed by atoms with Crippen LogP contribution in [0.4, 0.5) is 0 Å². The number of hydrogen-bond acceptors (Lipinski definition) is 5. The van der Waals surface area contributed by atoms with Crippen LogP contribution in [0, 0.1) is 6.92 Å². The highest BCUT2D eigenvalue weighted by Crippen LogP contribution is 2.38. The van der Waals surface area contributed by atoms with E-state index in [-0.39, 0.29) is 5.56 Å². The smallest absolute Gasteiger partial charge is 0.263 e. The number of hydrogen-bond donors (Lipinski definition) is 1. The van der Waals surface area contributed by atoms with Crippen LogP contribution in [0.2, 0.25) is 10.0 Å². The number of benzene rings is 3. The first-order valence-electron chi connectivity index (χ1n) is 10.8. The third-order valence-corrected chi connectivity index (χ3v) is 7.77. The number of aromatic amines is 1. The van der Waals surface area contributed by atoms with E-state index in [0.717, 1.165) is 38.3 Å². The van der Waals surface area contributed by atoms with Crippen molar-refractivity contribution in [3.8, 4) is 11.1 Å². The van der Waals surface area contributed by atoms with Crippen LogP contribution >= 0.6 is 46.7 Å². The Kier molecular flexibility index (Phi) is 7.16. The minimum absolute atomic E-state index is 0.189. The number of pyridine rings is 1. The molecule has 0 spiro atoms. The molecule has 0 amide bonds. The number of fused-ring (bicyclic) bond motifs is 1. The van der Waals surface area contributed by atoms with Gasteiger partial charge in [-0.3, -0.25) is 4.79 Å². The Hall–Kier alpha value is -2.77. The molecule has 2 heterocycles. The summed E-state index contributed by atoms with van der Waals surface area (Å²) in [5, 5.41) is 2.71. The van der Waals surface area contributed by atoms with E-state index in [1.54, 1.807) is 17.8 Å². The van der Waals surface area contributed by atoms with Crippen molar-refractivity contribution in [1.29, 1.82) is 0 Å². The average Bonchev–Trinajstić information content (AvgIpc) is 2.85. The van der Waals surface area contributed by atoms with Gasteiger partial charge >= 0.3 is 0 Å². The van der Waals surface area contributed by atoms with E-state index in [0.29, 0.717) is 25.9 Å². The summed E-state index contributed by atoms with van der Waals surface area (Å²) in [4.78, 5) is 27.3. The van der Waals surface area contributed by atoms with Crippen molar-refractivity contribution in [3.63, 3.8) is 0 Å². The first kappa shape index (κ1) is 23.9. The Labute approximate surface area is 221 Å². The lowest BCUT2D eigenvalue weighted by Crippen LogP contribution is -2.11. The predicted molar refractivity (Wildman–Crippen MR) is 147 cm³/mol. The predicted octanol–water partition coefficient (Wildman–Crippen LogP) is 8.04.